The lowest BCUT2D eigenvalue weighted by Gasteiger charge is -2.35. The van der Waals surface area contributed by atoms with Crippen molar-refractivity contribution in [2.75, 3.05) is 26.2 Å². The van der Waals surface area contributed by atoms with Crippen LogP contribution in [0.25, 0.3) is 22.2 Å². The Bertz CT molecular complexity index is 1080. The number of nitrogens with zero attached hydrogens (tertiary/aromatic N) is 3. The van der Waals surface area contributed by atoms with E-state index in [0.29, 0.717) is 44.6 Å². The Kier molecular flexibility index (Phi) is 4.13. The van der Waals surface area contributed by atoms with E-state index in [-0.39, 0.29) is 11.8 Å². The molecule has 1 aliphatic carbocycles. The van der Waals surface area contributed by atoms with Crippen molar-refractivity contribution in [3.63, 3.8) is 0 Å². The first-order chi connectivity index (χ1) is 14.0. The summed E-state index contributed by atoms with van der Waals surface area (Å²) in [5.41, 5.74) is 3.47. The normalized spacial score (nSPS) is 18.1. The van der Waals surface area contributed by atoms with Gasteiger partial charge in [0.2, 0.25) is 0 Å². The van der Waals surface area contributed by atoms with Crippen LogP contribution in [-0.2, 0) is 4.79 Å². The number of amides is 2. The highest BCUT2D eigenvalue weighted by atomic mass is 16.3. The smallest absolute Gasteiger partial charge is 0.254 e. The fourth-order valence-corrected chi connectivity index (χ4v) is 3.84. The number of benzene rings is 2. The number of carbonyl (C=O) groups is 2. The van der Waals surface area contributed by atoms with Gasteiger partial charge in [0.05, 0.1) is 17.4 Å². The topological polar surface area (TPSA) is 89.5 Å². The molecule has 1 saturated heterocycles. The predicted molar refractivity (Wildman–Crippen MR) is 108 cm³/mol. The van der Waals surface area contributed by atoms with E-state index in [1.165, 1.54) is 0 Å². The first-order valence-corrected chi connectivity index (χ1v) is 9.88. The van der Waals surface area contributed by atoms with Gasteiger partial charge in [0.1, 0.15) is 5.60 Å². The van der Waals surface area contributed by atoms with Crippen molar-refractivity contribution in [1.82, 2.24) is 19.8 Å². The lowest BCUT2D eigenvalue weighted by molar-refractivity contribution is -0.143. The van der Waals surface area contributed by atoms with Crippen molar-refractivity contribution in [3.8, 4) is 11.1 Å². The maximum atomic E-state index is 12.8. The average molecular weight is 390 g/mol. The summed E-state index contributed by atoms with van der Waals surface area (Å²) in [5, 5.41) is 9.99. The van der Waals surface area contributed by atoms with Crippen LogP contribution < -0.4 is 0 Å². The van der Waals surface area contributed by atoms with Gasteiger partial charge >= 0.3 is 0 Å². The average Bonchev–Trinajstić information content (AvgIpc) is 3.34. The number of rotatable bonds is 3. The molecule has 148 valence electrons. The van der Waals surface area contributed by atoms with Crippen LogP contribution in [0, 0.1) is 0 Å². The summed E-state index contributed by atoms with van der Waals surface area (Å²) in [6.07, 6.45) is 2.77. The summed E-state index contributed by atoms with van der Waals surface area (Å²) in [7, 11) is 0. The highest BCUT2D eigenvalue weighted by Crippen LogP contribution is 2.37. The number of aromatic amines is 1. The van der Waals surface area contributed by atoms with Gasteiger partial charge in [0.15, 0.2) is 0 Å². The maximum Gasteiger partial charge on any atom is 0.254 e. The Labute approximate surface area is 168 Å². The number of hydrogen-bond donors (Lipinski definition) is 2. The number of fused-ring (bicyclic) bond motifs is 1. The van der Waals surface area contributed by atoms with E-state index in [0.717, 1.165) is 22.2 Å². The molecule has 0 unspecified atom stereocenters. The second kappa shape index (κ2) is 6.70. The van der Waals surface area contributed by atoms with Gasteiger partial charge in [-0.25, -0.2) is 4.98 Å². The van der Waals surface area contributed by atoms with Crippen molar-refractivity contribution in [3.05, 3.63) is 54.4 Å². The van der Waals surface area contributed by atoms with Crippen molar-refractivity contribution in [1.29, 1.82) is 0 Å². The molecule has 3 aromatic rings. The number of H-pyrrole nitrogens is 1. The Morgan fingerprint density at radius 3 is 2.28 bits per heavy atom. The minimum absolute atomic E-state index is 0.0310. The molecule has 7 heteroatoms. The molecule has 7 nitrogen and oxygen atoms in total. The SMILES string of the molecule is O=C(c1ccc(-c2ccc3[nH]cnc3c2)cc1)N1CCN(C(=O)C2(O)CC2)CC1. The molecule has 1 aromatic heterocycles. The first-order valence-electron chi connectivity index (χ1n) is 9.88. The number of hydrogen-bond acceptors (Lipinski definition) is 4. The maximum absolute atomic E-state index is 12.8. The van der Waals surface area contributed by atoms with Gasteiger partial charge in [0.25, 0.3) is 11.8 Å². The molecule has 0 radical (unpaired) electrons. The molecule has 1 saturated carbocycles. The van der Waals surface area contributed by atoms with E-state index < -0.39 is 5.60 Å². The monoisotopic (exact) mass is 390 g/mol. The van der Waals surface area contributed by atoms with Crippen LogP contribution in [0.1, 0.15) is 23.2 Å². The Morgan fingerprint density at radius 1 is 0.931 bits per heavy atom. The fraction of sp³-hybridized carbons (Fsp3) is 0.318. The van der Waals surface area contributed by atoms with Crippen LogP contribution in [0.5, 0.6) is 0 Å². The van der Waals surface area contributed by atoms with Gasteiger partial charge in [-0.2, -0.15) is 0 Å². The molecule has 2 N–H and O–H groups in total. The van der Waals surface area contributed by atoms with Crippen molar-refractivity contribution >= 4 is 22.8 Å². The molecule has 2 aromatic carbocycles. The lowest BCUT2D eigenvalue weighted by Crippen LogP contribution is -2.53. The van der Waals surface area contributed by atoms with Crippen LogP contribution in [0.3, 0.4) is 0 Å². The summed E-state index contributed by atoms with van der Waals surface area (Å²) in [5.74, 6) is -0.223. The van der Waals surface area contributed by atoms with E-state index in [9.17, 15) is 14.7 Å². The summed E-state index contributed by atoms with van der Waals surface area (Å²) in [4.78, 5) is 35.9. The van der Waals surface area contributed by atoms with Crippen LogP contribution in [0.15, 0.2) is 48.8 Å². The number of imidazole rings is 1. The van der Waals surface area contributed by atoms with E-state index in [1.54, 1.807) is 16.1 Å². The third kappa shape index (κ3) is 3.27. The summed E-state index contributed by atoms with van der Waals surface area (Å²) < 4.78 is 0. The van der Waals surface area contributed by atoms with Crippen LogP contribution in [0.4, 0.5) is 0 Å². The summed E-state index contributed by atoms with van der Waals surface area (Å²) in [6, 6.07) is 13.6. The molecular weight excluding hydrogens is 368 g/mol. The summed E-state index contributed by atoms with van der Waals surface area (Å²) >= 11 is 0. The zero-order chi connectivity index (χ0) is 20.0. The van der Waals surface area contributed by atoms with E-state index in [2.05, 4.69) is 9.97 Å². The Morgan fingerprint density at radius 2 is 1.59 bits per heavy atom. The number of aromatic nitrogens is 2. The van der Waals surface area contributed by atoms with Gasteiger partial charge in [-0.05, 0) is 48.2 Å². The number of nitrogens with one attached hydrogen (secondary N) is 1. The molecule has 2 fully saturated rings. The zero-order valence-electron chi connectivity index (χ0n) is 16.0. The Balaban J connectivity index is 1.25. The third-order valence-electron chi connectivity index (χ3n) is 5.86. The largest absolute Gasteiger partial charge is 0.380 e. The van der Waals surface area contributed by atoms with Crippen LogP contribution in [0.2, 0.25) is 0 Å². The molecule has 0 atom stereocenters. The third-order valence-corrected chi connectivity index (χ3v) is 5.86. The number of piperazine rings is 1. The number of aliphatic hydroxyl groups is 1. The molecule has 2 aliphatic rings. The lowest BCUT2D eigenvalue weighted by atomic mass is 10.0. The van der Waals surface area contributed by atoms with E-state index >= 15 is 0 Å². The molecule has 1 aliphatic heterocycles. The van der Waals surface area contributed by atoms with Gasteiger partial charge in [-0.3, -0.25) is 9.59 Å². The molecule has 2 heterocycles. The van der Waals surface area contributed by atoms with Gasteiger partial charge < -0.3 is 19.9 Å². The van der Waals surface area contributed by atoms with Gasteiger partial charge in [0, 0.05) is 31.7 Å². The quantitative estimate of drug-likeness (QED) is 0.716. The molecule has 0 bridgehead atoms. The van der Waals surface area contributed by atoms with Crippen LogP contribution >= 0.6 is 0 Å². The second-order valence-corrected chi connectivity index (χ2v) is 7.83. The minimum atomic E-state index is -1.14. The van der Waals surface area contributed by atoms with Crippen molar-refractivity contribution in [2.45, 2.75) is 18.4 Å². The van der Waals surface area contributed by atoms with Crippen molar-refractivity contribution < 1.29 is 14.7 Å². The Hall–Kier alpha value is -3.19. The molecule has 29 heavy (non-hydrogen) atoms. The minimum Gasteiger partial charge on any atom is -0.380 e. The molecular formula is C22H22N4O3. The van der Waals surface area contributed by atoms with E-state index in [4.69, 9.17) is 0 Å². The number of carbonyl (C=O) groups excluding carboxylic acids is 2. The van der Waals surface area contributed by atoms with E-state index in [1.807, 2.05) is 42.5 Å². The van der Waals surface area contributed by atoms with Gasteiger partial charge in [-0.15, -0.1) is 0 Å². The highest BCUT2D eigenvalue weighted by molar-refractivity contribution is 5.95. The highest BCUT2D eigenvalue weighted by Gasteiger charge is 2.50. The standard InChI is InChI=1S/C22H22N4O3/c27-20(25-9-11-26(12-10-25)21(28)22(29)7-8-22)16-3-1-15(2-4-16)17-5-6-18-19(13-17)24-14-23-18/h1-6,13-14,29H,7-12H2,(H,23,24). The molecule has 2 amide bonds. The second-order valence-electron chi connectivity index (χ2n) is 7.83. The first kappa shape index (κ1) is 17.9. The van der Waals surface area contributed by atoms with Crippen LogP contribution in [-0.4, -0.2) is 68.5 Å². The van der Waals surface area contributed by atoms with Crippen molar-refractivity contribution in [2.24, 2.45) is 0 Å². The van der Waals surface area contributed by atoms with Gasteiger partial charge in [-0.1, -0.05) is 18.2 Å². The zero-order valence-corrected chi connectivity index (χ0v) is 16.0. The predicted octanol–water partition coefficient (Wildman–Crippen LogP) is 2.04. The summed E-state index contributed by atoms with van der Waals surface area (Å²) in [6.45, 7) is 1.90. The fourth-order valence-electron chi connectivity index (χ4n) is 3.84. The molecule has 5 rings (SSSR count). The molecule has 0 spiro atoms.